The number of amides is 3. The Hall–Kier alpha value is -3.13. The Kier molecular flexibility index (Phi) is 5.51. The van der Waals surface area contributed by atoms with E-state index in [0.29, 0.717) is 34.6 Å². The van der Waals surface area contributed by atoms with Crippen molar-refractivity contribution in [2.45, 2.75) is 26.9 Å². The Labute approximate surface area is 167 Å². The fourth-order valence-corrected chi connectivity index (χ4v) is 3.20. The van der Waals surface area contributed by atoms with Gasteiger partial charge in [-0.15, -0.1) is 0 Å². The van der Waals surface area contributed by atoms with Crippen LogP contribution in [0, 0.1) is 6.92 Å². The van der Waals surface area contributed by atoms with Crippen LogP contribution >= 0.6 is 11.6 Å². The maximum Gasteiger partial charge on any atom is 0.333 e. The molecule has 1 aromatic carbocycles. The van der Waals surface area contributed by atoms with E-state index in [1.54, 1.807) is 42.9 Å². The largest absolute Gasteiger partial charge is 0.491 e. The number of carbonyl (C=O) groups excluding carboxylic acids is 2. The van der Waals surface area contributed by atoms with Gasteiger partial charge in [-0.1, -0.05) is 17.7 Å². The molecule has 3 aromatic rings. The first-order valence-corrected chi connectivity index (χ1v) is 8.99. The topological polar surface area (TPSA) is 89.4 Å². The number of aryl methyl sites for hydroxylation is 2. The number of pyridine rings is 1. The van der Waals surface area contributed by atoms with Crippen LogP contribution in [-0.2, 0) is 11.8 Å². The Bertz CT molecular complexity index is 1050. The molecule has 0 radical (unpaired) electrons. The van der Waals surface area contributed by atoms with Crippen molar-refractivity contribution in [3.8, 4) is 5.75 Å². The molecule has 1 N–H and O–H groups in total. The monoisotopic (exact) mass is 401 g/mol. The highest BCUT2D eigenvalue weighted by molar-refractivity contribution is 6.39. The average Bonchev–Trinajstić information content (AvgIpc) is 2.91. The van der Waals surface area contributed by atoms with Crippen LogP contribution in [0.4, 0.5) is 16.2 Å². The number of anilines is 2. The fourth-order valence-electron chi connectivity index (χ4n) is 2.84. The van der Waals surface area contributed by atoms with Crippen molar-refractivity contribution in [3.63, 3.8) is 0 Å². The number of hydrogen-bond acceptors (Lipinski definition) is 5. The van der Waals surface area contributed by atoms with E-state index >= 15 is 0 Å². The molecule has 2 heterocycles. The van der Waals surface area contributed by atoms with Crippen LogP contribution in [0.1, 0.15) is 19.5 Å². The predicted octanol–water partition coefficient (Wildman–Crippen LogP) is 3.91. The summed E-state index contributed by atoms with van der Waals surface area (Å²) in [6, 6.07) is 6.24. The van der Waals surface area contributed by atoms with Crippen molar-refractivity contribution in [2.75, 3.05) is 10.2 Å². The number of imide groups is 1. The van der Waals surface area contributed by atoms with Gasteiger partial charge in [-0.3, -0.25) is 9.48 Å². The Morgan fingerprint density at radius 1 is 1.39 bits per heavy atom. The Balaban J connectivity index is 1.90. The minimum Gasteiger partial charge on any atom is -0.491 e. The summed E-state index contributed by atoms with van der Waals surface area (Å²) in [6.45, 7) is 5.60. The molecule has 0 spiro atoms. The molecule has 0 aliphatic carbocycles. The smallest absolute Gasteiger partial charge is 0.333 e. The number of fused-ring (bicyclic) bond motifs is 1. The summed E-state index contributed by atoms with van der Waals surface area (Å²) in [5, 5.41) is 7.76. The summed E-state index contributed by atoms with van der Waals surface area (Å²) in [7, 11) is 1.74. The highest BCUT2D eigenvalue weighted by Gasteiger charge is 2.22. The molecular formula is C19H20ClN5O3. The normalized spacial score (nSPS) is 10.9. The van der Waals surface area contributed by atoms with Crippen molar-refractivity contribution in [1.29, 1.82) is 0 Å². The lowest BCUT2D eigenvalue weighted by Crippen LogP contribution is -2.34. The number of urea groups is 1. The van der Waals surface area contributed by atoms with Gasteiger partial charge in [0.25, 0.3) is 0 Å². The second-order valence-corrected chi connectivity index (χ2v) is 6.84. The molecule has 0 aliphatic heterocycles. The lowest BCUT2D eigenvalue weighted by atomic mass is 10.2. The molecule has 0 bridgehead atoms. The van der Waals surface area contributed by atoms with Gasteiger partial charge in [0, 0.05) is 18.8 Å². The van der Waals surface area contributed by atoms with Gasteiger partial charge >= 0.3 is 6.03 Å². The first kappa shape index (κ1) is 19.6. The average molecular weight is 402 g/mol. The summed E-state index contributed by atoms with van der Waals surface area (Å²) in [5.74, 6) is 0.609. The van der Waals surface area contributed by atoms with E-state index in [1.165, 1.54) is 6.20 Å². The van der Waals surface area contributed by atoms with E-state index in [0.717, 1.165) is 4.90 Å². The van der Waals surface area contributed by atoms with E-state index in [2.05, 4.69) is 15.4 Å². The molecule has 146 valence electrons. The van der Waals surface area contributed by atoms with Crippen LogP contribution < -0.4 is 15.0 Å². The first-order valence-electron chi connectivity index (χ1n) is 8.62. The van der Waals surface area contributed by atoms with Gasteiger partial charge in [-0.05, 0) is 32.9 Å². The van der Waals surface area contributed by atoms with E-state index in [9.17, 15) is 9.59 Å². The molecule has 0 fully saturated rings. The van der Waals surface area contributed by atoms with Gasteiger partial charge in [0.05, 0.1) is 34.1 Å². The quantitative estimate of drug-likeness (QED) is 0.654. The van der Waals surface area contributed by atoms with Gasteiger partial charge in [0.1, 0.15) is 5.75 Å². The number of halogens is 1. The van der Waals surface area contributed by atoms with Gasteiger partial charge in [0.15, 0.2) is 5.65 Å². The number of ether oxygens (including phenoxy) is 1. The minimum atomic E-state index is -0.665. The summed E-state index contributed by atoms with van der Waals surface area (Å²) in [6.07, 6.45) is 1.76. The Morgan fingerprint density at radius 3 is 2.82 bits per heavy atom. The maximum absolute atomic E-state index is 12.7. The van der Waals surface area contributed by atoms with Crippen LogP contribution in [0.3, 0.4) is 0 Å². The lowest BCUT2D eigenvalue weighted by molar-refractivity contribution is -0.106. The number of rotatable bonds is 5. The first-order chi connectivity index (χ1) is 13.3. The number of benzene rings is 1. The molecule has 0 saturated carbocycles. The van der Waals surface area contributed by atoms with Crippen molar-refractivity contribution in [1.82, 2.24) is 14.8 Å². The van der Waals surface area contributed by atoms with E-state index in [-0.39, 0.29) is 16.8 Å². The van der Waals surface area contributed by atoms with Gasteiger partial charge in [0.2, 0.25) is 6.41 Å². The van der Waals surface area contributed by atoms with E-state index < -0.39 is 6.03 Å². The molecule has 3 amide bonds. The van der Waals surface area contributed by atoms with Crippen LogP contribution in [0.25, 0.3) is 11.0 Å². The number of nitrogens with one attached hydrogen (secondary N) is 1. The zero-order valence-electron chi connectivity index (χ0n) is 15.9. The van der Waals surface area contributed by atoms with E-state index in [4.69, 9.17) is 16.3 Å². The molecule has 0 atom stereocenters. The van der Waals surface area contributed by atoms with Crippen molar-refractivity contribution in [2.24, 2.45) is 7.05 Å². The number of nitrogens with zero attached hydrogens (tertiary/aromatic N) is 4. The molecule has 0 aliphatic rings. The van der Waals surface area contributed by atoms with Crippen LogP contribution in [0.2, 0.25) is 5.02 Å². The van der Waals surface area contributed by atoms with Crippen LogP contribution in [0.15, 0.2) is 30.5 Å². The standard InChI is InChI=1S/C19H20ClN5O3/c1-11(2)28-14-7-5-6-13(8-14)22-19(27)25(10-26)15-9-21-18-16(17(15)20)12(3)23-24(18)4/h5-11H,1-4H3,(H,22,27). The van der Waals surface area contributed by atoms with Crippen LogP contribution in [-0.4, -0.2) is 33.3 Å². The van der Waals surface area contributed by atoms with Crippen molar-refractivity contribution < 1.29 is 14.3 Å². The van der Waals surface area contributed by atoms with Crippen molar-refractivity contribution in [3.05, 3.63) is 41.2 Å². The third-order valence-electron chi connectivity index (χ3n) is 3.99. The molecule has 3 rings (SSSR count). The second kappa shape index (κ2) is 7.85. The lowest BCUT2D eigenvalue weighted by Gasteiger charge is -2.18. The SMILES string of the molecule is Cc1nn(C)c2ncc(N(C=O)C(=O)Nc3cccc(OC(C)C)c3)c(Cl)c12. The predicted molar refractivity (Wildman–Crippen MR) is 108 cm³/mol. The molecule has 0 saturated heterocycles. The zero-order chi connectivity index (χ0) is 20.4. The van der Waals surface area contributed by atoms with Gasteiger partial charge in [-0.2, -0.15) is 5.10 Å². The summed E-state index contributed by atoms with van der Waals surface area (Å²) < 4.78 is 7.20. The zero-order valence-corrected chi connectivity index (χ0v) is 16.7. The second-order valence-electron chi connectivity index (χ2n) is 6.47. The highest BCUT2D eigenvalue weighted by Crippen LogP contribution is 2.33. The molecule has 9 heteroatoms. The van der Waals surface area contributed by atoms with Crippen LogP contribution in [0.5, 0.6) is 5.75 Å². The fraction of sp³-hybridized carbons (Fsp3) is 0.263. The maximum atomic E-state index is 12.7. The number of carbonyl (C=O) groups is 2. The molecule has 2 aromatic heterocycles. The molecular weight excluding hydrogens is 382 g/mol. The summed E-state index contributed by atoms with van der Waals surface area (Å²) in [4.78, 5) is 29.5. The Morgan fingerprint density at radius 2 is 2.14 bits per heavy atom. The van der Waals surface area contributed by atoms with Crippen molar-refractivity contribution >= 4 is 46.5 Å². The molecule has 28 heavy (non-hydrogen) atoms. The van der Waals surface area contributed by atoms with Gasteiger partial charge < -0.3 is 10.1 Å². The number of hydrogen-bond donors (Lipinski definition) is 1. The van der Waals surface area contributed by atoms with E-state index in [1.807, 2.05) is 13.8 Å². The minimum absolute atomic E-state index is 0.00300. The third kappa shape index (κ3) is 3.77. The summed E-state index contributed by atoms with van der Waals surface area (Å²) in [5.41, 5.74) is 1.88. The molecule has 8 nitrogen and oxygen atoms in total. The number of aromatic nitrogens is 3. The summed E-state index contributed by atoms with van der Waals surface area (Å²) >= 11 is 6.47. The highest BCUT2D eigenvalue weighted by atomic mass is 35.5. The third-order valence-corrected chi connectivity index (χ3v) is 4.37. The van der Waals surface area contributed by atoms with Gasteiger partial charge in [-0.25, -0.2) is 14.7 Å². The molecule has 0 unspecified atom stereocenters.